The lowest BCUT2D eigenvalue weighted by Gasteiger charge is -2.10. The van der Waals surface area contributed by atoms with E-state index < -0.39 is 5.97 Å². The van der Waals surface area contributed by atoms with Gasteiger partial charge < -0.3 is 19.3 Å². The van der Waals surface area contributed by atoms with Gasteiger partial charge in [-0.25, -0.2) is 9.79 Å². The van der Waals surface area contributed by atoms with Crippen LogP contribution in [-0.4, -0.2) is 36.9 Å². The summed E-state index contributed by atoms with van der Waals surface area (Å²) in [5, 5.41) is 11.2. The summed E-state index contributed by atoms with van der Waals surface area (Å²) in [6.45, 7) is 3.87. The van der Waals surface area contributed by atoms with E-state index in [0.29, 0.717) is 32.7 Å². The van der Waals surface area contributed by atoms with E-state index in [1.54, 1.807) is 33.3 Å². The molecule has 1 N–H and O–H groups in total. The normalized spacial score (nSPS) is 16.3. The highest BCUT2D eigenvalue weighted by Crippen LogP contribution is 2.42. The highest BCUT2D eigenvalue weighted by Gasteiger charge is 2.33. The third kappa shape index (κ3) is 4.52. The fourth-order valence-electron chi connectivity index (χ4n) is 2.97. The maximum atomic E-state index is 12.5. The largest absolute Gasteiger partial charge is 0.506 e. The average Bonchev–Trinajstić information content (AvgIpc) is 3.02. The van der Waals surface area contributed by atoms with Crippen molar-refractivity contribution in [1.82, 2.24) is 0 Å². The van der Waals surface area contributed by atoms with Crippen LogP contribution in [0.3, 0.4) is 0 Å². The van der Waals surface area contributed by atoms with Gasteiger partial charge in [0.05, 0.1) is 31.4 Å². The third-order valence-corrected chi connectivity index (χ3v) is 5.34. The quantitative estimate of drug-likeness (QED) is 0.641. The number of aryl methyl sites for hydroxylation is 1. The Labute approximate surface area is 179 Å². The number of rotatable bonds is 6. The van der Waals surface area contributed by atoms with E-state index in [9.17, 15) is 9.90 Å². The van der Waals surface area contributed by atoms with Gasteiger partial charge in [-0.15, -0.1) is 0 Å². The van der Waals surface area contributed by atoms with Gasteiger partial charge in [-0.05, 0) is 43.7 Å². The van der Waals surface area contributed by atoms with E-state index in [1.165, 1.54) is 11.8 Å². The van der Waals surface area contributed by atoms with Crippen molar-refractivity contribution in [2.45, 2.75) is 13.8 Å². The molecule has 1 aliphatic rings. The molecule has 0 amide bonds. The van der Waals surface area contributed by atoms with Gasteiger partial charge in [0.15, 0.2) is 11.5 Å². The summed E-state index contributed by atoms with van der Waals surface area (Å²) in [5.74, 6) is 0.310. The van der Waals surface area contributed by atoms with Crippen LogP contribution in [0.5, 0.6) is 11.5 Å². The fraction of sp³-hybridized carbons (Fsp3) is 0.217. The van der Waals surface area contributed by atoms with Crippen molar-refractivity contribution in [3.8, 4) is 11.5 Å². The molecule has 0 saturated carbocycles. The summed E-state index contributed by atoms with van der Waals surface area (Å²) >= 11 is 1.20. The summed E-state index contributed by atoms with van der Waals surface area (Å²) in [4.78, 5) is 17.6. The van der Waals surface area contributed by atoms with Crippen LogP contribution in [0.1, 0.15) is 18.1 Å². The highest BCUT2D eigenvalue weighted by atomic mass is 32.2. The molecule has 0 unspecified atom stereocenters. The van der Waals surface area contributed by atoms with E-state index in [2.05, 4.69) is 4.99 Å². The van der Waals surface area contributed by atoms with Crippen molar-refractivity contribution in [2.75, 3.05) is 20.8 Å². The monoisotopic (exact) mass is 425 g/mol. The lowest BCUT2D eigenvalue weighted by Crippen LogP contribution is -2.12. The van der Waals surface area contributed by atoms with Crippen LogP contribution in [0.15, 0.2) is 63.7 Å². The van der Waals surface area contributed by atoms with Crippen LogP contribution in [0.25, 0.3) is 6.08 Å². The van der Waals surface area contributed by atoms with Gasteiger partial charge in [0.1, 0.15) is 16.4 Å². The number of esters is 1. The Morgan fingerprint density at radius 3 is 2.60 bits per heavy atom. The molecule has 3 rings (SSSR count). The van der Waals surface area contributed by atoms with E-state index in [1.807, 2.05) is 43.3 Å². The van der Waals surface area contributed by atoms with Crippen molar-refractivity contribution < 1.29 is 24.1 Å². The molecule has 0 saturated heterocycles. The number of carbonyl (C=O) groups excluding carboxylic acids is 1. The van der Waals surface area contributed by atoms with Crippen LogP contribution in [0, 0.1) is 6.92 Å². The number of hydrogen-bond acceptors (Lipinski definition) is 7. The number of benzene rings is 2. The fourth-order valence-corrected chi connectivity index (χ4v) is 4.00. The maximum Gasteiger partial charge on any atom is 0.344 e. The average molecular weight is 426 g/mol. The second kappa shape index (κ2) is 9.54. The second-order valence-electron chi connectivity index (χ2n) is 6.39. The number of nitrogens with zero attached hydrogens (tertiary/aromatic N) is 1. The zero-order valence-electron chi connectivity index (χ0n) is 17.3. The Bertz CT molecular complexity index is 1060. The van der Waals surface area contributed by atoms with Gasteiger partial charge in [0, 0.05) is 5.56 Å². The summed E-state index contributed by atoms with van der Waals surface area (Å²) in [6, 6.07) is 13.0. The minimum atomic E-state index is -0.616. The molecular formula is C23H23NO5S. The Hall–Kier alpha value is -3.19. The molecule has 30 heavy (non-hydrogen) atoms. The predicted octanol–water partition coefficient (Wildman–Crippen LogP) is 5.21. The lowest BCUT2D eigenvalue weighted by atomic mass is 10.1. The molecule has 2 aromatic rings. The van der Waals surface area contributed by atoms with Crippen molar-refractivity contribution in [2.24, 2.45) is 4.99 Å². The Morgan fingerprint density at radius 2 is 1.93 bits per heavy atom. The van der Waals surface area contributed by atoms with Crippen molar-refractivity contribution in [1.29, 1.82) is 0 Å². The molecule has 0 bridgehead atoms. The lowest BCUT2D eigenvalue weighted by molar-refractivity contribution is -0.138. The number of thioether (sulfide) groups is 1. The zero-order valence-corrected chi connectivity index (χ0v) is 18.1. The Balaban J connectivity index is 2.10. The van der Waals surface area contributed by atoms with Crippen LogP contribution in [0.4, 0.5) is 5.69 Å². The van der Waals surface area contributed by atoms with Crippen molar-refractivity contribution in [3.05, 3.63) is 69.8 Å². The molecule has 0 aliphatic carbocycles. The molecule has 1 heterocycles. The third-order valence-electron chi connectivity index (χ3n) is 4.32. The van der Waals surface area contributed by atoms with E-state index in [4.69, 9.17) is 14.2 Å². The minimum absolute atomic E-state index is 0.0523. The zero-order chi connectivity index (χ0) is 21.7. The number of hydrogen-bond donors (Lipinski definition) is 1. The molecule has 6 nitrogen and oxygen atoms in total. The first kappa shape index (κ1) is 21.5. The van der Waals surface area contributed by atoms with Crippen molar-refractivity contribution in [3.63, 3.8) is 0 Å². The smallest absolute Gasteiger partial charge is 0.344 e. The molecular weight excluding hydrogens is 402 g/mol. The van der Waals surface area contributed by atoms with E-state index in [-0.39, 0.29) is 17.9 Å². The second-order valence-corrected chi connectivity index (χ2v) is 7.42. The maximum absolute atomic E-state index is 12.5. The van der Waals surface area contributed by atoms with Crippen molar-refractivity contribution >= 4 is 34.5 Å². The molecule has 2 aromatic carbocycles. The SMILES string of the molecule is CCOC(=O)C1=C(O)C(=Cc2cccc(OC)c2OC)SC1=Nc1cccc(C)c1. The number of carbonyl (C=O) groups is 1. The summed E-state index contributed by atoms with van der Waals surface area (Å²) in [7, 11) is 3.11. The Kier molecular flexibility index (Phi) is 6.84. The Morgan fingerprint density at radius 1 is 1.17 bits per heavy atom. The first-order valence-electron chi connectivity index (χ1n) is 9.35. The number of aliphatic hydroxyl groups is 1. The number of para-hydroxylation sites is 1. The number of aliphatic hydroxyl groups excluding tert-OH is 1. The first-order valence-corrected chi connectivity index (χ1v) is 10.2. The number of aliphatic imine (C=N–C) groups is 1. The van der Waals surface area contributed by atoms with Gasteiger partial charge in [0.25, 0.3) is 0 Å². The van der Waals surface area contributed by atoms with Gasteiger partial charge in [-0.3, -0.25) is 0 Å². The predicted molar refractivity (Wildman–Crippen MR) is 120 cm³/mol. The first-order chi connectivity index (χ1) is 14.5. The van der Waals surface area contributed by atoms with Gasteiger partial charge in [-0.1, -0.05) is 36.0 Å². The van der Waals surface area contributed by atoms with E-state index >= 15 is 0 Å². The van der Waals surface area contributed by atoms with Gasteiger partial charge in [-0.2, -0.15) is 0 Å². The van der Waals surface area contributed by atoms with Gasteiger partial charge >= 0.3 is 5.97 Å². The highest BCUT2D eigenvalue weighted by molar-refractivity contribution is 8.18. The summed E-state index contributed by atoms with van der Waals surface area (Å²) in [6.07, 6.45) is 1.74. The molecule has 0 aromatic heterocycles. The summed E-state index contributed by atoms with van der Waals surface area (Å²) < 4.78 is 15.9. The van der Waals surface area contributed by atoms with Crippen LogP contribution >= 0.6 is 11.8 Å². The molecule has 7 heteroatoms. The molecule has 0 spiro atoms. The summed E-state index contributed by atoms with van der Waals surface area (Å²) in [5.41, 5.74) is 2.48. The standard InChI is InChI=1S/C23H23NO5S/c1-5-29-23(26)19-20(25)18(13-15-9-7-11-17(27-3)21(15)28-4)30-22(19)24-16-10-6-8-14(2)12-16/h6-13,25H,5H2,1-4H3. The topological polar surface area (TPSA) is 77.4 Å². The minimum Gasteiger partial charge on any atom is -0.506 e. The molecule has 0 fully saturated rings. The molecule has 156 valence electrons. The van der Waals surface area contributed by atoms with Crippen LogP contribution in [-0.2, 0) is 9.53 Å². The number of methoxy groups -OCH3 is 2. The molecule has 0 radical (unpaired) electrons. The van der Waals surface area contributed by atoms with Gasteiger partial charge in [0.2, 0.25) is 0 Å². The van der Waals surface area contributed by atoms with E-state index in [0.717, 1.165) is 5.56 Å². The molecule has 1 aliphatic heterocycles. The molecule has 0 atom stereocenters. The van der Waals surface area contributed by atoms with Crippen LogP contribution < -0.4 is 9.47 Å². The van der Waals surface area contributed by atoms with Crippen LogP contribution in [0.2, 0.25) is 0 Å². The number of ether oxygens (including phenoxy) is 3.